The molecule has 3 rings (SSSR count). The van der Waals surface area contributed by atoms with Crippen molar-refractivity contribution >= 4 is 42.6 Å². The Kier molecular flexibility index (Phi) is 7.12. The SMILES string of the molecule is O=C(Pc1ccccc1-c1ccccc1)c1c(Cl)cccc1Cl.[H-].[Li+]. The van der Waals surface area contributed by atoms with E-state index in [2.05, 4.69) is 0 Å². The first-order chi connectivity index (χ1) is 11.2. The molecule has 0 aromatic heterocycles. The molecule has 116 valence electrons. The number of hydrogen-bond donors (Lipinski definition) is 0. The molecule has 0 bridgehead atoms. The Labute approximate surface area is 166 Å². The smallest absolute Gasteiger partial charge is 1.00 e. The fourth-order valence-electron chi connectivity index (χ4n) is 2.36. The van der Waals surface area contributed by atoms with Crippen molar-refractivity contribution in [2.45, 2.75) is 0 Å². The van der Waals surface area contributed by atoms with Crippen LogP contribution in [0.15, 0.2) is 72.8 Å². The largest absolute Gasteiger partial charge is 1.00 e. The van der Waals surface area contributed by atoms with Crippen LogP contribution in [0.1, 0.15) is 11.8 Å². The molecule has 0 amide bonds. The second kappa shape index (κ2) is 8.86. The zero-order chi connectivity index (χ0) is 16.2. The fourth-order valence-corrected chi connectivity index (χ4v) is 4.27. The molecule has 0 saturated heterocycles. The average Bonchev–Trinajstić information content (AvgIpc) is 2.56. The normalized spacial score (nSPS) is 10.6. The molecule has 1 atom stereocenters. The van der Waals surface area contributed by atoms with Gasteiger partial charge in [0, 0.05) is 0 Å². The molecule has 0 fully saturated rings. The Morgan fingerprint density at radius 2 is 1.38 bits per heavy atom. The summed E-state index contributed by atoms with van der Waals surface area (Å²) in [5.74, 6) is 0. The minimum absolute atomic E-state index is 0. The fraction of sp³-hybridized carbons (Fsp3) is 0. The van der Waals surface area contributed by atoms with E-state index in [9.17, 15) is 4.79 Å². The summed E-state index contributed by atoms with van der Waals surface area (Å²) in [4.78, 5) is 12.7. The van der Waals surface area contributed by atoms with Crippen LogP contribution in [0.2, 0.25) is 10.0 Å². The van der Waals surface area contributed by atoms with Crippen molar-refractivity contribution in [2.75, 3.05) is 0 Å². The molecule has 0 spiro atoms. The van der Waals surface area contributed by atoms with Gasteiger partial charge in [0.2, 0.25) is 0 Å². The third-order valence-corrected chi connectivity index (χ3v) is 5.26. The molecule has 3 aromatic carbocycles. The summed E-state index contributed by atoms with van der Waals surface area (Å²) in [5.41, 5.74) is 2.50. The second-order valence-corrected chi connectivity index (χ2v) is 7.02. The Hall–Kier alpha value is -1.06. The summed E-state index contributed by atoms with van der Waals surface area (Å²) in [6.07, 6.45) is 0. The van der Waals surface area contributed by atoms with Gasteiger partial charge in [0.15, 0.2) is 5.52 Å². The van der Waals surface area contributed by atoms with Crippen molar-refractivity contribution in [1.82, 2.24) is 0 Å². The van der Waals surface area contributed by atoms with Crippen LogP contribution in [0.3, 0.4) is 0 Å². The molecule has 24 heavy (non-hydrogen) atoms. The van der Waals surface area contributed by atoms with Crippen molar-refractivity contribution in [3.8, 4) is 11.1 Å². The standard InChI is InChI=1S/C19H13Cl2OP.Li.H/c20-15-10-6-11-16(21)18(15)19(22)23-17-12-5-4-9-14(17)13-7-2-1-3-8-13;;/h1-12,23H;;/q;+1;-1. The van der Waals surface area contributed by atoms with Gasteiger partial charge in [-0.2, -0.15) is 0 Å². The molecule has 0 aliphatic rings. The summed E-state index contributed by atoms with van der Waals surface area (Å²) < 4.78 is 0. The van der Waals surface area contributed by atoms with Crippen LogP contribution < -0.4 is 24.2 Å². The van der Waals surface area contributed by atoms with E-state index in [0.29, 0.717) is 15.6 Å². The van der Waals surface area contributed by atoms with Gasteiger partial charge in [0.25, 0.3) is 0 Å². The predicted octanol–water partition coefficient (Wildman–Crippen LogP) is 2.92. The molecule has 0 radical (unpaired) electrons. The quantitative estimate of drug-likeness (QED) is 0.512. The maximum Gasteiger partial charge on any atom is 1.00 e. The topological polar surface area (TPSA) is 17.1 Å². The Morgan fingerprint density at radius 3 is 2.04 bits per heavy atom. The van der Waals surface area contributed by atoms with Gasteiger partial charge in [0.05, 0.1) is 15.6 Å². The molecule has 1 unspecified atom stereocenters. The second-order valence-electron chi connectivity index (χ2n) is 4.96. The van der Waals surface area contributed by atoms with E-state index in [1.54, 1.807) is 18.2 Å². The van der Waals surface area contributed by atoms with Crippen LogP contribution in [0.4, 0.5) is 0 Å². The van der Waals surface area contributed by atoms with Crippen LogP contribution in [0.25, 0.3) is 11.1 Å². The van der Waals surface area contributed by atoms with Gasteiger partial charge >= 0.3 is 18.9 Å². The van der Waals surface area contributed by atoms with Gasteiger partial charge in [-0.1, -0.05) is 83.9 Å². The molecule has 0 aliphatic heterocycles. The molecule has 1 nitrogen and oxygen atoms in total. The zero-order valence-electron chi connectivity index (χ0n) is 14.1. The van der Waals surface area contributed by atoms with E-state index in [4.69, 9.17) is 23.2 Å². The van der Waals surface area contributed by atoms with E-state index >= 15 is 0 Å². The van der Waals surface area contributed by atoms with Crippen LogP contribution in [0.5, 0.6) is 0 Å². The van der Waals surface area contributed by atoms with Gasteiger partial charge in [0.1, 0.15) is 0 Å². The number of carbonyl (C=O) groups excluding carboxylic acids is 1. The van der Waals surface area contributed by atoms with Crippen molar-refractivity contribution < 1.29 is 25.1 Å². The molecule has 0 aliphatic carbocycles. The van der Waals surface area contributed by atoms with E-state index in [0.717, 1.165) is 16.4 Å². The zero-order valence-corrected chi connectivity index (χ0v) is 15.6. The molecular weight excluding hydrogens is 353 g/mol. The summed E-state index contributed by atoms with van der Waals surface area (Å²) in [7, 11) is -0.0350. The van der Waals surface area contributed by atoms with Crippen LogP contribution >= 0.6 is 31.8 Å². The van der Waals surface area contributed by atoms with Crippen molar-refractivity contribution in [3.63, 3.8) is 0 Å². The van der Waals surface area contributed by atoms with Crippen molar-refractivity contribution in [1.29, 1.82) is 0 Å². The maximum atomic E-state index is 12.7. The predicted molar refractivity (Wildman–Crippen MR) is 102 cm³/mol. The third kappa shape index (κ3) is 4.31. The van der Waals surface area contributed by atoms with Gasteiger partial charge < -0.3 is 1.43 Å². The van der Waals surface area contributed by atoms with Crippen molar-refractivity contribution in [2.24, 2.45) is 0 Å². The summed E-state index contributed by atoms with van der Waals surface area (Å²) in [5, 5.41) is 1.78. The molecule has 0 N–H and O–H groups in total. The minimum atomic E-state index is -0.0519. The Morgan fingerprint density at radius 1 is 0.792 bits per heavy atom. The van der Waals surface area contributed by atoms with E-state index in [-0.39, 0.29) is 34.4 Å². The Balaban J connectivity index is 0.00000156. The molecule has 0 heterocycles. The first-order valence-electron chi connectivity index (χ1n) is 7.06. The number of benzene rings is 3. The molecular formula is C19H14Cl2LiOP. The van der Waals surface area contributed by atoms with Crippen LogP contribution in [0, 0.1) is 0 Å². The van der Waals surface area contributed by atoms with E-state index < -0.39 is 0 Å². The van der Waals surface area contributed by atoms with Crippen LogP contribution in [-0.4, -0.2) is 5.52 Å². The first-order valence-corrected chi connectivity index (χ1v) is 8.82. The summed E-state index contributed by atoms with van der Waals surface area (Å²) >= 11 is 12.3. The van der Waals surface area contributed by atoms with Crippen molar-refractivity contribution in [3.05, 3.63) is 88.4 Å². The number of rotatable bonds is 4. The first kappa shape index (κ1) is 19.3. The average molecular weight is 367 g/mol. The minimum Gasteiger partial charge on any atom is -1.00 e. The number of hydrogen-bond acceptors (Lipinski definition) is 1. The van der Waals surface area contributed by atoms with E-state index in [1.165, 1.54) is 0 Å². The van der Waals surface area contributed by atoms with Gasteiger partial charge in [-0.3, -0.25) is 4.79 Å². The molecule has 0 saturated carbocycles. The van der Waals surface area contributed by atoms with Crippen LogP contribution in [-0.2, 0) is 0 Å². The number of halogens is 2. The maximum absolute atomic E-state index is 12.7. The summed E-state index contributed by atoms with van der Waals surface area (Å²) in [6, 6.07) is 23.1. The van der Waals surface area contributed by atoms with Gasteiger partial charge in [-0.15, -0.1) is 0 Å². The third-order valence-electron chi connectivity index (χ3n) is 3.45. The van der Waals surface area contributed by atoms with E-state index in [1.807, 2.05) is 54.6 Å². The summed E-state index contributed by atoms with van der Waals surface area (Å²) in [6.45, 7) is 0. The number of carbonyl (C=O) groups is 1. The molecule has 3 aromatic rings. The monoisotopic (exact) mass is 366 g/mol. The Bertz CT molecular complexity index is 839. The molecule has 5 heteroatoms. The van der Waals surface area contributed by atoms with Gasteiger partial charge in [-0.05, 0) is 37.1 Å². The van der Waals surface area contributed by atoms with Gasteiger partial charge in [-0.25, -0.2) is 0 Å².